The number of primary amides is 1. The van der Waals surface area contributed by atoms with Crippen LogP contribution in [0.3, 0.4) is 0 Å². The van der Waals surface area contributed by atoms with Crippen molar-refractivity contribution in [3.8, 4) is 0 Å². The molecule has 2 amide bonds. The number of carbonyl (C=O) groups is 2. The predicted octanol–water partition coefficient (Wildman–Crippen LogP) is 2.53. The van der Waals surface area contributed by atoms with E-state index in [1.54, 1.807) is 50.4 Å². The van der Waals surface area contributed by atoms with Gasteiger partial charge in [-0.25, -0.2) is 14.0 Å². The van der Waals surface area contributed by atoms with Gasteiger partial charge in [-0.15, -0.1) is 11.3 Å². The monoisotopic (exact) mass is 440 g/mol. The Kier molecular flexibility index (Phi) is 7.71. The van der Waals surface area contributed by atoms with E-state index < -0.39 is 34.9 Å². The van der Waals surface area contributed by atoms with Gasteiger partial charge in [0.25, 0.3) is 11.3 Å². The van der Waals surface area contributed by atoms with Crippen LogP contribution in [0, 0.1) is 0 Å². The van der Waals surface area contributed by atoms with Gasteiger partial charge in [0, 0.05) is 11.1 Å². The SMILES string of the molecule is CC(C)(C)OC(=O)N[C@@H](Cc1ccc(NS(=O)O)cc1)c1nc(CC(N)=O)cs1. The molecule has 1 aromatic carbocycles. The Labute approximate surface area is 175 Å². The average Bonchev–Trinajstić information content (AvgIpc) is 3.01. The summed E-state index contributed by atoms with van der Waals surface area (Å²) in [5.41, 5.74) is 6.47. The van der Waals surface area contributed by atoms with Gasteiger partial charge in [-0.1, -0.05) is 12.1 Å². The lowest BCUT2D eigenvalue weighted by Crippen LogP contribution is -2.35. The van der Waals surface area contributed by atoms with Crippen molar-refractivity contribution in [2.75, 3.05) is 4.72 Å². The fourth-order valence-electron chi connectivity index (χ4n) is 2.44. The molecule has 0 aliphatic heterocycles. The number of carbonyl (C=O) groups excluding carboxylic acids is 2. The molecule has 0 bridgehead atoms. The Morgan fingerprint density at radius 2 is 1.97 bits per heavy atom. The third-order valence-corrected chi connectivity index (χ3v) is 4.93. The van der Waals surface area contributed by atoms with Crippen LogP contribution in [0.1, 0.15) is 43.1 Å². The van der Waals surface area contributed by atoms with E-state index in [9.17, 15) is 13.8 Å². The number of nitrogens with one attached hydrogen (secondary N) is 2. The van der Waals surface area contributed by atoms with Gasteiger partial charge in [0.15, 0.2) is 0 Å². The molecule has 0 aliphatic rings. The first-order chi connectivity index (χ1) is 13.5. The van der Waals surface area contributed by atoms with Crippen molar-refractivity contribution < 1.29 is 23.1 Å². The normalized spacial score (nSPS) is 13.4. The van der Waals surface area contributed by atoms with E-state index in [1.165, 1.54) is 11.3 Å². The van der Waals surface area contributed by atoms with E-state index in [0.29, 0.717) is 22.8 Å². The van der Waals surface area contributed by atoms with Crippen LogP contribution in [-0.4, -0.2) is 31.3 Å². The van der Waals surface area contributed by atoms with Crippen molar-refractivity contribution in [2.24, 2.45) is 5.73 Å². The summed E-state index contributed by atoms with van der Waals surface area (Å²) in [5.74, 6) is -0.483. The molecule has 158 valence electrons. The second-order valence-electron chi connectivity index (χ2n) is 7.27. The molecule has 0 aliphatic carbocycles. The van der Waals surface area contributed by atoms with Gasteiger partial charge < -0.3 is 15.8 Å². The van der Waals surface area contributed by atoms with Crippen LogP contribution in [-0.2, 0) is 33.6 Å². The molecule has 0 radical (unpaired) electrons. The van der Waals surface area contributed by atoms with Crippen molar-refractivity contribution in [3.63, 3.8) is 0 Å². The first kappa shape index (κ1) is 22.8. The molecule has 5 N–H and O–H groups in total. The lowest BCUT2D eigenvalue weighted by Gasteiger charge is -2.23. The molecule has 0 saturated carbocycles. The maximum Gasteiger partial charge on any atom is 0.408 e. The van der Waals surface area contributed by atoms with Crippen molar-refractivity contribution in [1.29, 1.82) is 0 Å². The number of aromatic nitrogens is 1. The maximum absolute atomic E-state index is 12.3. The lowest BCUT2D eigenvalue weighted by atomic mass is 10.1. The van der Waals surface area contributed by atoms with Gasteiger partial charge in [0.2, 0.25) is 5.91 Å². The number of nitrogens with two attached hydrogens (primary N) is 1. The number of thiazole rings is 1. The largest absolute Gasteiger partial charge is 0.444 e. The summed E-state index contributed by atoms with van der Waals surface area (Å²) in [4.78, 5) is 27.8. The van der Waals surface area contributed by atoms with Crippen LogP contribution in [0.2, 0.25) is 0 Å². The molecule has 9 nitrogen and oxygen atoms in total. The smallest absolute Gasteiger partial charge is 0.408 e. The summed E-state index contributed by atoms with van der Waals surface area (Å²) in [5, 5.41) is 5.16. The first-order valence-electron chi connectivity index (χ1n) is 8.70. The Balaban J connectivity index is 2.19. The average molecular weight is 441 g/mol. The Hall–Kier alpha value is -2.50. The molecule has 1 aromatic heterocycles. The summed E-state index contributed by atoms with van der Waals surface area (Å²) in [6.07, 6.45) is -0.150. The zero-order valence-electron chi connectivity index (χ0n) is 16.3. The van der Waals surface area contributed by atoms with Crippen LogP contribution in [0.4, 0.5) is 10.5 Å². The maximum atomic E-state index is 12.3. The second-order valence-corrected chi connectivity index (χ2v) is 8.86. The molecule has 2 aromatic rings. The Bertz CT molecular complexity index is 877. The van der Waals surface area contributed by atoms with Gasteiger partial charge >= 0.3 is 6.09 Å². The highest BCUT2D eigenvalue weighted by Crippen LogP contribution is 2.24. The number of alkyl carbamates (subject to hydrolysis) is 1. The topological polar surface area (TPSA) is 144 Å². The number of ether oxygens (including phenoxy) is 1. The van der Waals surface area contributed by atoms with Crippen LogP contribution < -0.4 is 15.8 Å². The standard InChI is InChI=1S/C18H24N4O5S2/c1-18(2,3)27-17(24)21-14(16-20-13(10-28-16)9-15(19)23)8-11-4-6-12(7-5-11)22-29(25)26/h4-7,10,14,22H,8-9H2,1-3H3,(H2,19,23)(H,21,24)(H,25,26)/t14-/m0/s1. The minimum atomic E-state index is -2.15. The number of hydrogen-bond donors (Lipinski definition) is 4. The van der Waals surface area contributed by atoms with E-state index in [2.05, 4.69) is 15.0 Å². The number of benzene rings is 1. The van der Waals surface area contributed by atoms with Crippen LogP contribution in [0.5, 0.6) is 0 Å². The van der Waals surface area contributed by atoms with Crippen LogP contribution in [0.25, 0.3) is 0 Å². The zero-order valence-corrected chi connectivity index (χ0v) is 17.9. The van der Waals surface area contributed by atoms with E-state index in [-0.39, 0.29) is 6.42 Å². The predicted molar refractivity (Wildman–Crippen MR) is 112 cm³/mol. The summed E-state index contributed by atoms with van der Waals surface area (Å²) in [6, 6.07) is 6.39. The molecular formula is C18H24N4O5S2. The van der Waals surface area contributed by atoms with Gasteiger partial charge in [-0.3, -0.25) is 14.1 Å². The van der Waals surface area contributed by atoms with E-state index in [0.717, 1.165) is 5.56 Å². The molecule has 2 rings (SSSR count). The number of nitrogens with zero attached hydrogens (tertiary/aromatic N) is 1. The summed E-state index contributed by atoms with van der Waals surface area (Å²) >= 11 is -0.838. The van der Waals surface area contributed by atoms with E-state index in [4.69, 9.17) is 15.0 Å². The number of anilines is 1. The molecule has 11 heteroatoms. The fourth-order valence-corrected chi connectivity index (χ4v) is 3.64. The van der Waals surface area contributed by atoms with Crippen LogP contribution >= 0.6 is 11.3 Å². The van der Waals surface area contributed by atoms with E-state index in [1.807, 2.05) is 0 Å². The number of hydrogen-bond acceptors (Lipinski definition) is 6. The van der Waals surface area contributed by atoms with Crippen molar-refractivity contribution >= 4 is 40.3 Å². The quantitative estimate of drug-likeness (QED) is 0.464. The Morgan fingerprint density at radius 1 is 1.31 bits per heavy atom. The lowest BCUT2D eigenvalue weighted by molar-refractivity contribution is -0.117. The third kappa shape index (κ3) is 8.18. The molecule has 0 saturated heterocycles. The molecule has 2 atom stereocenters. The van der Waals surface area contributed by atoms with Crippen molar-refractivity contribution in [2.45, 2.75) is 45.3 Å². The first-order valence-corrected chi connectivity index (χ1v) is 10.7. The zero-order chi connectivity index (χ0) is 21.6. The number of amides is 2. The molecular weight excluding hydrogens is 416 g/mol. The van der Waals surface area contributed by atoms with Crippen molar-refractivity contribution in [1.82, 2.24) is 10.3 Å². The summed E-state index contributed by atoms with van der Waals surface area (Å²) in [6.45, 7) is 5.31. The highest BCUT2D eigenvalue weighted by atomic mass is 32.2. The molecule has 1 unspecified atom stereocenters. The highest BCUT2D eigenvalue weighted by molar-refractivity contribution is 7.80. The minimum Gasteiger partial charge on any atom is -0.444 e. The second kappa shape index (κ2) is 9.81. The number of rotatable bonds is 8. The van der Waals surface area contributed by atoms with E-state index >= 15 is 0 Å². The van der Waals surface area contributed by atoms with Gasteiger partial charge in [-0.2, -0.15) is 0 Å². The molecule has 0 fully saturated rings. The van der Waals surface area contributed by atoms with Crippen molar-refractivity contribution in [3.05, 3.63) is 45.9 Å². The van der Waals surface area contributed by atoms with Gasteiger partial charge in [-0.05, 0) is 44.9 Å². The molecule has 0 spiro atoms. The Morgan fingerprint density at radius 3 is 2.52 bits per heavy atom. The minimum absolute atomic E-state index is 0.0221. The molecule has 29 heavy (non-hydrogen) atoms. The third-order valence-electron chi connectivity index (χ3n) is 3.51. The van der Waals surface area contributed by atoms with Crippen LogP contribution in [0.15, 0.2) is 29.6 Å². The van der Waals surface area contributed by atoms with Gasteiger partial charge in [0.1, 0.15) is 10.6 Å². The van der Waals surface area contributed by atoms with Gasteiger partial charge in [0.05, 0.1) is 18.2 Å². The fraction of sp³-hybridized carbons (Fsp3) is 0.389. The summed E-state index contributed by atoms with van der Waals surface area (Å²) in [7, 11) is 0. The molecule has 1 heterocycles. The summed E-state index contributed by atoms with van der Waals surface area (Å²) < 4.78 is 27.4. The highest BCUT2D eigenvalue weighted by Gasteiger charge is 2.23.